The van der Waals surface area contributed by atoms with Crippen molar-refractivity contribution in [2.45, 2.75) is 12.8 Å². The van der Waals surface area contributed by atoms with E-state index in [2.05, 4.69) is 16.0 Å². The number of para-hydroxylation sites is 1. The molecule has 0 aliphatic carbocycles. The molecule has 0 unspecified atom stereocenters. The Labute approximate surface area is 123 Å². The molecule has 1 aromatic carbocycles. The van der Waals surface area contributed by atoms with Gasteiger partial charge in [-0.2, -0.15) is 0 Å². The molecule has 0 saturated carbocycles. The molecule has 2 aromatic heterocycles. The highest BCUT2D eigenvalue weighted by Crippen LogP contribution is 2.20. The van der Waals surface area contributed by atoms with E-state index < -0.39 is 0 Å². The third-order valence-corrected chi connectivity index (χ3v) is 3.71. The van der Waals surface area contributed by atoms with Gasteiger partial charge in [-0.25, -0.2) is 0 Å². The first-order chi connectivity index (χ1) is 10.3. The summed E-state index contributed by atoms with van der Waals surface area (Å²) in [6, 6.07) is 11.8. The number of anilines is 1. The molecule has 0 aliphatic rings. The Morgan fingerprint density at radius 3 is 2.76 bits per heavy atom. The number of nitrogens with zero attached hydrogens (tertiary/aromatic N) is 2. The Hall–Kier alpha value is -2.62. The number of benzene rings is 1. The Bertz CT molecular complexity index is 749. The lowest BCUT2D eigenvalue weighted by atomic mass is 10.1. The van der Waals surface area contributed by atoms with Crippen LogP contribution in [0.25, 0.3) is 10.9 Å². The van der Waals surface area contributed by atoms with Gasteiger partial charge >= 0.3 is 0 Å². The predicted molar refractivity (Wildman–Crippen MR) is 84.3 cm³/mol. The van der Waals surface area contributed by atoms with Crippen LogP contribution in [0.1, 0.15) is 12.0 Å². The van der Waals surface area contributed by atoms with Gasteiger partial charge in [0.25, 0.3) is 0 Å². The van der Waals surface area contributed by atoms with E-state index in [1.807, 2.05) is 36.5 Å². The molecule has 0 radical (unpaired) electrons. The van der Waals surface area contributed by atoms with E-state index in [1.54, 1.807) is 24.3 Å². The summed E-state index contributed by atoms with van der Waals surface area (Å²) in [6.07, 6.45) is 6.60. The van der Waals surface area contributed by atoms with E-state index in [1.165, 1.54) is 10.9 Å². The van der Waals surface area contributed by atoms with Crippen LogP contribution in [0, 0.1) is 0 Å². The lowest BCUT2D eigenvalue weighted by Gasteiger charge is -2.16. The summed E-state index contributed by atoms with van der Waals surface area (Å²) in [5, 5.41) is 1.19. The zero-order chi connectivity index (χ0) is 14.7. The van der Waals surface area contributed by atoms with Crippen molar-refractivity contribution < 1.29 is 4.79 Å². The standard InChI is InChI=1S/C17H17N3O/c1-20(14-8-10-18-11-9-14)17(21)7-6-13-12-19-16-5-3-2-4-15(13)16/h2-5,8-12,19H,6-7H2,1H3. The van der Waals surface area contributed by atoms with Gasteiger partial charge < -0.3 is 9.88 Å². The summed E-state index contributed by atoms with van der Waals surface area (Å²) in [6.45, 7) is 0. The van der Waals surface area contributed by atoms with E-state index in [0.29, 0.717) is 6.42 Å². The second-order valence-electron chi connectivity index (χ2n) is 5.02. The fourth-order valence-electron chi connectivity index (χ4n) is 2.46. The van der Waals surface area contributed by atoms with Gasteiger partial charge in [-0.05, 0) is 30.2 Å². The highest BCUT2D eigenvalue weighted by Gasteiger charge is 2.12. The molecule has 4 heteroatoms. The fraction of sp³-hybridized carbons (Fsp3) is 0.176. The number of carbonyl (C=O) groups is 1. The summed E-state index contributed by atoms with van der Waals surface area (Å²) in [4.78, 5) is 21.2. The average molecular weight is 279 g/mol. The molecule has 0 saturated heterocycles. The van der Waals surface area contributed by atoms with Crippen molar-refractivity contribution in [3.05, 3.63) is 60.6 Å². The fourth-order valence-corrected chi connectivity index (χ4v) is 2.46. The maximum atomic E-state index is 12.3. The molecule has 0 spiro atoms. The number of aryl methyl sites for hydroxylation is 1. The molecule has 4 nitrogen and oxygen atoms in total. The number of carbonyl (C=O) groups excluding carboxylic acids is 1. The summed E-state index contributed by atoms with van der Waals surface area (Å²) in [7, 11) is 1.80. The molecular formula is C17H17N3O. The first kappa shape index (κ1) is 13.4. The number of nitrogens with one attached hydrogen (secondary N) is 1. The quantitative estimate of drug-likeness (QED) is 0.797. The van der Waals surface area contributed by atoms with Gasteiger partial charge in [0.2, 0.25) is 5.91 Å². The van der Waals surface area contributed by atoms with Gasteiger partial charge in [0, 0.05) is 48.6 Å². The zero-order valence-electron chi connectivity index (χ0n) is 11.9. The van der Waals surface area contributed by atoms with Crippen LogP contribution in [-0.2, 0) is 11.2 Å². The third kappa shape index (κ3) is 2.79. The van der Waals surface area contributed by atoms with Gasteiger partial charge in [-0.15, -0.1) is 0 Å². The summed E-state index contributed by atoms with van der Waals surface area (Å²) in [5.74, 6) is 0.103. The normalized spacial score (nSPS) is 10.7. The second kappa shape index (κ2) is 5.79. The Kier molecular flexibility index (Phi) is 3.69. The number of aromatic nitrogens is 2. The van der Waals surface area contributed by atoms with Crippen LogP contribution in [0.5, 0.6) is 0 Å². The van der Waals surface area contributed by atoms with Gasteiger partial charge in [0.15, 0.2) is 0 Å². The second-order valence-corrected chi connectivity index (χ2v) is 5.02. The molecule has 0 aliphatic heterocycles. The number of hydrogen-bond acceptors (Lipinski definition) is 2. The monoisotopic (exact) mass is 279 g/mol. The van der Waals surface area contributed by atoms with Gasteiger partial charge in [0.1, 0.15) is 0 Å². The van der Waals surface area contributed by atoms with Crippen LogP contribution >= 0.6 is 0 Å². The van der Waals surface area contributed by atoms with Crippen LogP contribution in [0.2, 0.25) is 0 Å². The van der Waals surface area contributed by atoms with E-state index in [9.17, 15) is 4.79 Å². The molecular weight excluding hydrogens is 262 g/mol. The summed E-state index contributed by atoms with van der Waals surface area (Å²) < 4.78 is 0. The molecule has 106 valence electrons. The number of H-pyrrole nitrogens is 1. The highest BCUT2D eigenvalue weighted by atomic mass is 16.2. The number of fused-ring (bicyclic) bond motifs is 1. The Morgan fingerprint density at radius 2 is 1.95 bits per heavy atom. The first-order valence-corrected chi connectivity index (χ1v) is 6.97. The molecule has 2 heterocycles. The van der Waals surface area contributed by atoms with E-state index >= 15 is 0 Å². The lowest BCUT2D eigenvalue weighted by molar-refractivity contribution is -0.118. The van der Waals surface area contributed by atoms with Crippen molar-refractivity contribution in [1.29, 1.82) is 0 Å². The minimum atomic E-state index is 0.103. The molecule has 3 rings (SSSR count). The van der Waals surface area contributed by atoms with E-state index in [-0.39, 0.29) is 5.91 Å². The van der Waals surface area contributed by atoms with E-state index in [4.69, 9.17) is 0 Å². The predicted octanol–water partition coefficient (Wildman–Crippen LogP) is 3.16. The Morgan fingerprint density at radius 1 is 1.19 bits per heavy atom. The molecule has 1 N–H and O–H groups in total. The van der Waals surface area contributed by atoms with Crippen molar-refractivity contribution >= 4 is 22.5 Å². The van der Waals surface area contributed by atoms with Gasteiger partial charge in [0.05, 0.1) is 0 Å². The first-order valence-electron chi connectivity index (χ1n) is 6.97. The number of aromatic amines is 1. The van der Waals surface area contributed by atoms with Crippen molar-refractivity contribution in [2.75, 3.05) is 11.9 Å². The minimum Gasteiger partial charge on any atom is -0.361 e. The van der Waals surface area contributed by atoms with Crippen molar-refractivity contribution in [2.24, 2.45) is 0 Å². The zero-order valence-corrected chi connectivity index (χ0v) is 11.9. The van der Waals surface area contributed by atoms with E-state index in [0.717, 1.165) is 17.6 Å². The number of hydrogen-bond donors (Lipinski definition) is 1. The van der Waals surface area contributed by atoms with Crippen LogP contribution < -0.4 is 4.90 Å². The summed E-state index contributed by atoms with van der Waals surface area (Å²) >= 11 is 0. The van der Waals surface area contributed by atoms with Crippen LogP contribution in [0.3, 0.4) is 0 Å². The minimum absolute atomic E-state index is 0.103. The molecule has 3 aromatic rings. The smallest absolute Gasteiger partial charge is 0.227 e. The molecule has 0 fully saturated rings. The third-order valence-electron chi connectivity index (χ3n) is 3.71. The van der Waals surface area contributed by atoms with Crippen LogP contribution in [0.15, 0.2) is 55.0 Å². The van der Waals surface area contributed by atoms with Gasteiger partial charge in [-0.3, -0.25) is 9.78 Å². The lowest BCUT2D eigenvalue weighted by Crippen LogP contribution is -2.26. The van der Waals surface area contributed by atoms with Crippen molar-refractivity contribution in [3.63, 3.8) is 0 Å². The maximum absolute atomic E-state index is 12.3. The SMILES string of the molecule is CN(C(=O)CCc1c[nH]c2ccccc12)c1ccncc1. The largest absolute Gasteiger partial charge is 0.361 e. The molecule has 0 atom stereocenters. The van der Waals surface area contributed by atoms with Crippen molar-refractivity contribution in [3.8, 4) is 0 Å². The molecule has 0 bridgehead atoms. The summed E-state index contributed by atoms with van der Waals surface area (Å²) in [5.41, 5.74) is 3.17. The number of pyridine rings is 1. The highest BCUT2D eigenvalue weighted by molar-refractivity contribution is 5.93. The number of amides is 1. The number of rotatable bonds is 4. The topological polar surface area (TPSA) is 49.0 Å². The maximum Gasteiger partial charge on any atom is 0.227 e. The Balaban J connectivity index is 1.69. The van der Waals surface area contributed by atoms with Crippen LogP contribution in [0.4, 0.5) is 5.69 Å². The van der Waals surface area contributed by atoms with Crippen LogP contribution in [-0.4, -0.2) is 22.9 Å². The molecule has 21 heavy (non-hydrogen) atoms. The molecule has 1 amide bonds. The average Bonchev–Trinajstić information content (AvgIpc) is 2.96. The van der Waals surface area contributed by atoms with Gasteiger partial charge in [-0.1, -0.05) is 18.2 Å². The van der Waals surface area contributed by atoms with Crippen molar-refractivity contribution in [1.82, 2.24) is 9.97 Å².